The number of amidine groups is 1. The molecule has 0 spiro atoms. The molecule has 8 heteroatoms. The van der Waals surface area contributed by atoms with Gasteiger partial charge in [0, 0.05) is 0 Å². The van der Waals surface area contributed by atoms with Gasteiger partial charge in [0.05, 0.1) is 12.2 Å². The summed E-state index contributed by atoms with van der Waals surface area (Å²) in [5.74, 6) is -1.13. The highest BCUT2D eigenvalue weighted by Crippen LogP contribution is 2.27. The average molecular weight is 272 g/mol. The Hall–Kier alpha value is -1.96. The van der Waals surface area contributed by atoms with E-state index in [1.165, 1.54) is 12.1 Å². The number of carbonyl (C=O) groups is 1. The van der Waals surface area contributed by atoms with Crippen molar-refractivity contribution in [3.63, 3.8) is 0 Å². The number of nitrogens with one attached hydrogen (secondary N) is 1. The summed E-state index contributed by atoms with van der Waals surface area (Å²) in [5, 5.41) is 2.10. The molecule has 96 valence electrons. The Kier molecular flexibility index (Phi) is 3.04. The van der Waals surface area contributed by atoms with E-state index in [9.17, 15) is 17.6 Å². The minimum atomic E-state index is -3.96. The van der Waals surface area contributed by atoms with Gasteiger partial charge in [-0.3, -0.25) is 5.32 Å². The van der Waals surface area contributed by atoms with Crippen molar-refractivity contribution in [2.24, 2.45) is 4.40 Å². The van der Waals surface area contributed by atoms with Crippen LogP contribution >= 0.6 is 0 Å². The summed E-state index contributed by atoms with van der Waals surface area (Å²) in [6, 6.07) is 3.56. The second-order valence-corrected chi connectivity index (χ2v) is 4.95. The summed E-state index contributed by atoms with van der Waals surface area (Å²) in [5.41, 5.74) is -0.245. The van der Waals surface area contributed by atoms with E-state index in [0.29, 0.717) is 0 Å². The largest absolute Gasteiger partial charge is 0.450 e. The fourth-order valence-electron chi connectivity index (χ4n) is 1.51. The van der Waals surface area contributed by atoms with E-state index in [1.807, 2.05) is 0 Å². The zero-order valence-electron chi connectivity index (χ0n) is 9.31. The first-order chi connectivity index (χ1) is 8.45. The summed E-state index contributed by atoms with van der Waals surface area (Å²) >= 11 is 0. The first-order valence-electron chi connectivity index (χ1n) is 5.03. The lowest BCUT2D eigenvalue weighted by atomic mass is 10.2. The number of hydrogen-bond acceptors (Lipinski definition) is 4. The second-order valence-electron chi connectivity index (χ2n) is 3.37. The first kappa shape index (κ1) is 12.5. The third-order valence-electron chi connectivity index (χ3n) is 2.20. The van der Waals surface area contributed by atoms with Crippen LogP contribution < -0.4 is 5.32 Å². The Bertz CT molecular complexity index is 639. The second kappa shape index (κ2) is 4.37. The van der Waals surface area contributed by atoms with Gasteiger partial charge in [-0.05, 0) is 19.1 Å². The fourth-order valence-corrected chi connectivity index (χ4v) is 2.69. The monoisotopic (exact) mass is 272 g/mol. The number of carbonyl (C=O) groups excluding carboxylic acids is 1. The van der Waals surface area contributed by atoms with E-state index in [-0.39, 0.29) is 22.9 Å². The fraction of sp³-hybridized carbons (Fsp3) is 0.200. The molecule has 1 aliphatic heterocycles. The zero-order chi connectivity index (χ0) is 13.3. The van der Waals surface area contributed by atoms with Crippen LogP contribution in [0.5, 0.6) is 0 Å². The molecule has 0 bridgehead atoms. The molecule has 1 amide bonds. The zero-order valence-corrected chi connectivity index (χ0v) is 10.1. The molecule has 0 radical (unpaired) electrons. The van der Waals surface area contributed by atoms with Crippen LogP contribution in [0.2, 0.25) is 0 Å². The van der Waals surface area contributed by atoms with Gasteiger partial charge >= 0.3 is 6.09 Å². The van der Waals surface area contributed by atoms with Crippen molar-refractivity contribution in [3.05, 3.63) is 29.6 Å². The summed E-state index contributed by atoms with van der Waals surface area (Å²) in [6.45, 7) is 1.69. The molecule has 2 rings (SSSR count). The summed E-state index contributed by atoms with van der Waals surface area (Å²) < 4.78 is 44.7. The summed E-state index contributed by atoms with van der Waals surface area (Å²) in [4.78, 5) is 10.9. The van der Waals surface area contributed by atoms with Crippen LogP contribution in [0, 0.1) is 5.82 Å². The number of hydrogen-bond donors (Lipinski definition) is 1. The van der Waals surface area contributed by atoms with Gasteiger partial charge in [0.15, 0.2) is 5.84 Å². The topological polar surface area (TPSA) is 84.8 Å². The molecule has 18 heavy (non-hydrogen) atoms. The molecule has 0 aromatic heterocycles. The molecule has 0 saturated heterocycles. The van der Waals surface area contributed by atoms with Crippen LogP contribution in [-0.2, 0) is 14.8 Å². The van der Waals surface area contributed by atoms with Crippen molar-refractivity contribution in [2.75, 3.05) is 6.61 Å². The highest BCUT2D eigenvalue weighted by atomic mass is 32.2. The number of ether oxygens (including phenoxy) is 1. The molecule has 1 heterocycles. The molecular weight excluding hydrogens is 263 g/mol. The maximum absolute atomic E-state index is 13.6. The number of alkyl carbamates (subject to hydrolysis) is 1. The van der Waals surface area contributed by atoms with E-state index in [2.05, 4.69) is 14.5 Å². The van der Waals surface area contributed by atoms with Gasteiger partial charge < -0.3 is 4.74 Å². The van der Waals surface area contributed by atoms with Crippen LogP contribution in [0.1, 0.15) is 12.5 Å². The van der Waals surface area contributed by atoms with Crippen molar-refractivity contribution in [1.29, 1.82) is 0 Å². The maximum atomic E-state index is 13.6. The molecular formula is C10H9FN2O4S. The van der Waals surface area contributed by atoms with Gasteiger partial charge in [-0.1, -0.05) is 6.07 Å². The Morgan fingerprint density at radius 2 is 2.22 bits per heavy atom. The third kappa shape index (κ3) is 2.06. The minimum absolute atomic E-state index is 0.107. The minimum Gasteiger partial charge on any atom is -0.450 e. The Morgan fingerprint density at radius 3 is 2.89 bits per heavy atom. The molecule has 1 aliphatic rings. The highest BCUT2D eigenvalue weighted by Gasteiger charge is 2.32. The van der Waals surface area contributed by atoms with E-state index in [0.717, 1.165) is 6.07 Å². The van der Waals surface area contributed by atoms with E-state index < -0.39 is 21.9 Å². The SMILES string of the molecule is CCOC(=O)NC1=NS(=O)(=O)c2cccc(F)c21. The first-order valence-corrected chi connectivity index (χ1v) is 6.47. The maximum Gasteiger partial charge on any atom is 0.412 e. The summed E-state index contributed by atoms with van der Waals surface area (Å²) in [7, 11) is -3.96. The lowest BCUT2D eigenvalue weighted by Crippen LogP contribution is -2.31. The molecule has 0 aliphatic carbocycles. The Balaban J connectivity index is 2.44. The molecule has 1 aromatic carbocycles. The Labute approximate surface area is 103 Å². The van der Waals surface area contributed by atoms with Gasteiger partial charge in [0.2, 0.25) is 0 Å². The smallest absolute Gasteiger partial charge is 0.412 e. The van der Waals surface area contributed by atoms with Crippen molar-refractivity contribution in [3.8, 4) is 0 Å². The van der Waals surface area contributed by atoms with Crippen molar-refractivity contribution < 1.29 is 22.3 Å². The number of fused-ring (bicyclic) bond motifs is 1. The Morgan fingerprint density at radius 1 is 1.50 bits per heavy atom. The average Bonchev–Trinajstić information content (AvgIpc) is 2.52. The number of sulfonamides is 1. The standard InChI is InChI=1S/C10H9FN2O4S/c1-2-17-10(14)12-9-8-6(11)4-3-5-7(8)18(15,16)13-9/h3-5H,2H2,1H3,(H,12,13,14). The van der Waals surface area contributed by atoms with Gasteiger partial charge in [-0.15, -0.1) is 4.40 Å². The number of nitrogens with zero attached hydrogens (tertiary/aromatic N) is 1. The quantitative estimate of drug-likeness (QED) is 0.827. The van der Waals surface area contributed by atoms with Gasteiger partial charge in [0.1, 0.15) is 10.7 Å². The number of rotatable bonds is 1. The molecule has 1 N–H and O–H groups in total. The molecule has 6 nitrogen and oxygen atoms in total. The highest BCUT2D eigenvalue weighted by molar-refractivity contribution is 7.90. The van der Waals surface area contributed by atoms with Crippen LogP contribution in [-0.4, -0.2) is 27.0 Å². The lowest BCUT2D eigenvalue weighted by Gasteiger charge is -2.05. The number of halogens is 1. The van der Waals surface area contributed by atoms with E-state index >= 15 is 0 Å². The van der Waals surface area contributed by atoms with Crippen LogP contribution in [0.15, 0.2) is 27.5 Å². The van der Waals surface area contributed by atoms with Crippen molar-refractivity contribution in [1.82, 2.24) is 5.32 Å². The van der Waals surface area contributed by atoms with Gasteiger partial charge in [0.25, 0.3) is 10.0 Å². The van der Waals surface area contributed by atoms with Crippen LogP contribution in [0.4, 0.5) is 9.18 Å². The molecule has 0 unspecified atom stereocenters. The van der Waals surface area contributed by atoms with Gasteiger partial charge in [-0.25, -0.2) is 9.18 Å². The number of benzene rings is 1. The van der Waals surface area contributed by atoms with Crippen molar-refractivity contribution in [2.45, 2.75) is 11.8 Å². The molecule has 1 aromatic rings. The van der Waals surface area contributed by atoms with E-state index in [1.54, 1.807) is 6.92 Å². The predicted molar refractivity (Wildman–Crippen MR) is 60.3 cm³/mol. The van der Waals surface area contributed by atoms with Crippen LogP contribution in [0.25, 0.3) is 0 Å². The van der Waals surface area contributed by atoms with E-state index in [4.69, 9.17) is 0 Å². The molecule has 0 atom stereocenters. The van der Waals surface area contributed by atoms with Crippen molar-refractivity contribution >= 4 is 22.0 Å². The third-order valence-corrected chi connectivity index (χ3v) is 3.52. The summed E-state index contributed by atoms with van der Waals surface area (Å²) in [6.07, 6.45) is -0.887. The lowest BCUT2D eigenvalue weighted by molar-refractivity contribution is 0.158. The van der Waals surface area contributed by atoms with Gasteiger partial charge in [-0.2, -0.15) is 8.42 Å². The predicted octanol–water partition coefficient (Wildman–Crippen LogP) is 1.02. The van der Waals surface area contributed by atoms with Crippen LogP contribution in [0.3, 0.4) is 0 Å². The number of amides is 1. The normalized spacial score (nSPS) is 15.8. The molecule has 0 fully saturated rings. The molecule has 0 saturated carbocycles.